The van der Waals surface area contributed by atoms with Crippen LogP contribution in [0.5, 0.6) is 0 Å². The van der Waals surface area contributed by atoms with Crippen molar-refractivity contribution in [2.24, 2.45) is 0 Å². The van der Waals surface area contributed by atoms with Gasteiger partial charge in [0.05, 0.1) is 0 Å². The average Bonchev–Trinajstić information content (AvgIpc) is 3.08. The van der Waals surface area contributed by atoms with Crippen molar-refractivity contribution in [1.82, 2.24) is 10.2 Å². The molecule has 3 nitrogen and oxygen atoms in total. The molecule has 0 saturated carbocycles. The van der Waals surface area contributed by atoms with E-state index in [2.05, 4.69) is 35.3 Å². The fraction of sp³-hybridized carbons (Fsp3) is 0.381. The Morgan fingerprint density at radius 3 is 2.67 bits per heavy atom. The van der Waals surface area contributed by atoms with Gasteiger partial charge < -0.3 is 5.32 Å². The molecule has 1 unspecified atom stereocenters. The molecule has 0 spiro atoms. The largest absolute Gasteiger partial charge is 0.350 e. The van der Waals surface area contributed by atoms with Crippen molar-refractivity contribution < 1.29 is 4.79 Å². The molecule has 1 aliphatic heterocycles. The van der Waals surface area contributed by atoms with Crippen molar-refractivity contribution in [2.75, 3.05) is 19.6 Å². The second-order valence-electron chi connectivity index (χ2n) is 6.45. The van der Waals surface area contributed by atoms with E-state index in [1.54, 1.807) is 0 Å². The lowest BCUT2D eigenvalue weighted by molar-refractivity contribution is 0.0940. The summed E-state index contributed by atoms with van der Waals surface area (Å²) in [7, 11) is 0. The normalized spacial score (nSPS) is 17.8. The van der Waals surface area contributed by atoms with Crippen molar-refractivity contribution in [3.63, 3.8) is 0 Å². The van der Waals surface area contributed by atoms with E-state index in [0.717, 1.165) is 37.2 Å². The minimum Gasteiger partial charge on any atom is -0.350 e. The first-order valence-corrected chi connectivity index (χ1v) is 8.92. The van der Waals surface area contributed by atoms with E-state index in [1.807, 2.05) is 36.4 Å². The number of rotatable bonds is 6. The van der Waals surface area contributed by atoms with Crippen LogP contribution in [0.15, 0.2) is 54.6 Å². The molecule has 0 radical (unpaired) electrons. The molecule has 3 rings (SSSR count). The Morgan fingerprint density at radius 2 is 1.88 bits per heavy atom. The van der Waals surface area contributed by atoms with E-state index in [4.69, 9.17) is 0 Å². The zero-order valence-electron chi connectivity index (χ0n) is 14.4. The van der Waals surface area contributed by atoms with Crippen LogP contribution in [0.25, 0.3) is 0 Å². The van der Waals surface area contributed by atoms with E-state index >= 15 is 0 Å². The molecule has 1 fully saturated rings. The maximum atomic E-state index is 12.7. The summed E-state index contributed by atoms with van der Waals surface area (Å²) in [6, 6.07) is 18.7. The van der Waals surface area contributed by atoms with E-state index in [0.29, 0.717) is 6.04 Å². The van der Waals surface area contributed by atoms with Gasteiger partial charge in [0.2, 0.25) is 0 Å². The number of nitrogens with zero attached hydrogens (tertiary/aromatic N) is 1. The summed E-state index contributed by atoms with van der Waals surface area (Å²) in [6.45, 7) is 5.15. The molecular formula is C21H26N2O. The van der Waals surface area contributed by atoms with Crippen LogP contribution in [-0.4, -0.2) is 36.5 Å². The molecule has 1 saturated heterocycles. The molecule has 1 aliphatic rings. The van der Waals surface area contributed by atoms with Crippen molar-refractivity contribution in [3.05, 3.63) is 71.3 Å². The topological polar surface area (TPSA) is 32.3 Å². The van der Waals surface area contributed by atoms with Crippen molar-refractivity contribution in [2.45, 2.75) is 32.2 Å². The molecule has 0 aliphatic carbocycles. The maximum Gasteiger partial charge on any atom is 0.251 e. The number of carbonyl (C=O) groups excluding carboxylic acids is 1. The van der Waals surface area contributed by atoms with Gasteiger partial charge in [0.25, 0.3) is 5.91 Å². The first-order valence-electron chi connectivity index (χ1n) is 8.92. The Hall–Kier alpha value is -2.13. The van der Waals surface area contributed by atoms with Gasteiger partial charge in [-0.1, -0.05) is 55.5 Å². The lowest BCUT2D eigenvalue weighted by Crippen LogP contribution is -2.40. The highest BCUT2D eigenvalue weighted by Gasteiger charge is 2.23. The summed E-state index contributed by atoms with van der Waals surface area (Å²) in [6.07, 6.45) is 3.20. The number of likely N-dealkylation sites (N-methyl/N-ethyl adjacent to an activating group) is 1. The highest BCUT2D eigenvalue weighted by Crippen LogP contribution is 2.17. The predicted octanol–water partition coefficient (Wildman–Crippen LogP) is 3.49. The van der Waals surface area contributed by atoms with Gasteiger partial charge >= 0.3 is 0 Å². The smallest absolute Gasteiger partial charge is 0.251 e. The van der Waals surface area contributed by atoms with E-state index < -0.39 is 0 Å². The monoisotopic (exact) mass is 322 g/mol. The Bertz CT molecular complexity index is 669. The molecule has 1 heterocycles. The molecule has 1 atom stereocenters. The van der Waals surface area contributed by atoms with Crippen LogP contribution in [0.3, 0.4) is 0 Å². The second-order valence-corrected chi connectivity index (χ2v) is 6.45. The summed E-state index contributed by atoms with van der Waals surface area (Å²) in [4.78, 5) is 15.1. The summed E-state index contributed by atoms with van der Waals surface area (Å²) in [5.41, 5.74) is 3.10. The standard InChI is InChI=1S/C21H26N2O/c1-2-23-14-8-12-19(23)16-22-21(24)20-13-7-6-11-18(20)15-17-9-4-3-5-10-17/h3-7,9-11,13,19H,2,8,12,14-16H2,1H3,(H,22,24). The summed E-state index contributed by atoms with van der Waals surface area (Å²) < 4.78 is 0. The van der Waals surface area contributed by atoms with Gasteiger partial charge in [-0.2, -0.15) is 0 Å². The minimum absolute atomic E-state index is 0.0458. The van der Waals surface area contributed by atoms with Crippen LogP contribution in [0, 0.1) is 0 Å². The average molecular weight is 322 g/mol. The first-order chi connectivity index (χ1) is 11.8. The number of amides is 1. The van der Waals surface area contributed by atoms with Gasteiger partial charge in [-0.25, -0.2) is 0 Å². The molecule has 1 amide bonds. The summed E-state index contributed by atoms with van der Waals surface area (Å²) in [5, 5.41) is 3.15. The van der Waals surface area contributed by atoms with Crippen molar-refractivity contribution >= 4 is 5.91 Å². The molecule has 0 bridgehead atoms. The molecule has 0 aromatic heterocycles. The lowest BCUT2D eigenvalue weighted by atomic mass is 9.99. The van der Waals surface area contributed by atoms with Crippen LogP contribution in [-0.2, 0) is 6.42 Å². The number of likely N-dealkylation sites (tertiary alicyclic amines) is 1. The predicted molar refractivity (Wildman–Crippen MR) is 98.3 cm³/mol. The molecule has 2 aromatic carbocycles. The molecule has 3 heteroatoms. The summed E-state index contributed by atoms with van der Waals surface area (Å²) in [5.74, 6) is 0.0458. The zero-order chi connectivity index (χ0) is 16.8. The number of hydrogen-bond acceptors (Lipinski definition) is 2. The third-order valence-electron chi connectivity index (χ3n) is 4.90. The lowest BCUT2D eigenvalue weighted by Gasteiger charge is -2.23. The fourth-order valence-electron chi connectivity index (χ4n) is 3.56. The number of hydrogen-bond donors (Lipinski definition) is 1. The molecular weight excluding hydrogens is 296 g/mol. The SMILES string of the molecule is CCN1CCCC1CNC(=O)c1ccccc1Cc1ccccc1. The Labute approximate surface area is 144 Å². The number of carbonyl (C=O) groups is 1. The van der Waals surface area contributed by atoms with Gasteiger partial charge in [0.15, 0.2) is 0 Å². The molecule has 1 N–H and O–H groups in total. The summed E-state index contributed by atoms with van der Waals surface area (Å²) >= 11 is 0. The highest BCUT2D eigenvalue weighted by atomic mass is 16.1. The molecule has 126 valence electrons. The van der Waals surface area contributed by atoms with E-state index in [-0.39, 0.29) is 5.91 Å². The van der Waals surface area contributed by atoms with E-state index in [1.165, 1.54) is 18.4 Å². The van der Waals surface area contributed by atoms with Crippen LogP contribution < -0.4 is 5.32 Å². The van der Waals surface area contributed by atoms with Crippen LogP contribution in [0.4, 0.5) is 0 Å². The Balaban J connectivity index is 1.66. The van der Waals surface area contributed by atoms with Crippen LogP contribution >= 0.6 is 0 Å². The number of benzene rings is 2. The highest BCUT2D eigenvalue weighted by molar-refractivity contribution is 5.95. The fourth-order valence-corrected chi connectivity index (χ4v) is 3.56. The van der Waals surface area contributed by atoms with Crippen LogP contribution in [0.2, 0.25) is 0 Å². The molecule has 24 heavy (non-hydrogen) atoms. The van der Waals surface area contributed by atoms with Gasteiger partial charge in [-0.05, 0) is 49.5 Å². The Morgan fingerprint density at radius 1 is 1.12 bits per heavy atom. The zero-order valence-corrected chi connectivity index (χ0v) is 14.4. The van der Waals surface area contributed by atoms with E-state index in [9.17, 15) is 4.79 Å². The third kappa shape index (κ3) is 4.04. The van der Waals surface area contributed by atoms with Gasteiger partial charge in [0, 0.05) is 18.2 Å². The van der Waals surface area contributed by atoms with Crippen molar-refractivity contribution in [3.8, 4) is 0 Å². The quantitative estimate of drug-likeness (QED) is 0.883. The minimum atomic E-state index is 0.0458. The second kappa shape index (κ2) is 8.11. The maximum absolute atomic E-state index is 12.7. The van der Waals surface area contributed by atoms with Gasteiger partial charge in [-0.3, -0.25) is 9.69 Å². The Kier molecular flexibility index (Phi) is 5.65. The third-order valence-corrected chi connectivity index (χ3v) is 4.90. The van der Waals surface area contributed by atoms with Crippen LogP contribution in [0.1, 0.15) is 41.3 Å². The van der Waals surface area contributed by atoms with Crippen molar-refractivity contribution in [1.29, 1.82) is 0 Å². The van der Waals surface area contributed by atoms with Gasteiger partial charge in [-0.15, -0.1) is 0 Å². The first kappa shape index (κ1) is 16.7. The van der Waals surface area contributed by atoms with Gasteiger partial charge in [0.1, 0.15) is 0 Å². The molecule has 2 aromatic rings. The number of nitrogens with one attached hydrogen (secondary N) is 1.